The first-order chi connectivity index (χ1) is 6.30. The summed E-state index contributed by atoms with van der Waals surface area (Å²) in [4.78, 5) is 9.02. The lowest BCUT2D eigenvalue weighted by atomic mass is 10.2. The Bertz CT molecular complexity index is 374. The molecule has 1 aromatic carbocycles. The lowest BCUT2D eigenvalue weighted by molar-refractivity contribution is -0.385. The molecular formula is C7H3F4NO2. The number of rotatable bonds is 1. The van der Waals surface area contributed by atoms with Gasteiger partial charge in [-0.2, -0.15) is 13.2 Å². The molecule has 1 rings (SSSR count). The molecule has 0 aromatic heterocycles. The quantitative estimate of drug-likeness (QED) is 0.404. The highest BCUT2D eigenvalue weighted by atomic mass is 19.4. The van der Waals surface area contributed by atoms with E-state index in [1.165, 1.54) is 0 Å². The Kier molecular flexibility index (Phi) is 2.41. The predicted molar refractivity (Wildman–Crippen MR) is 38.1 cm³/mol. The Balaban J connectivity index is 3.28. The SMILES string of the molecule is O=[N+]([O-])c1cc([18F])cc(C(F)(F)F)c1. The zero-order valence-corrected chi connectivity index (χ0v) is 6.51. The fourth-order valence-corrected chi connectivity index (χ4v) is 0.843. The molecule has 1 aromatic rings. The van der Waals surface area contributed by atoms with E-state index in [0.717, 1.165) is 0 Å². The molecule has 0 N–H and O–H groups in total. The summed E-state index contributed by atoms with van der Waals surface area (Å²) >= 11 is 0. The van der Waals surface area contributed by atoms with Crippen LogP contribution >= 0.6 is 0 Å². The number of nitrogens with zero attached hydrogens (tertiary/aromatic N) is 1. The van der Waals surface area contributed by atoms with E-state index < -0.39 is 28.2 Å². The van der Waals surface area contributed by atoms with E-state index >= 15 is 0 Å². The van der Waals surface area contributed by atoms with Crippen LogP contribution in [0.3, 0.4) is 0 Å². The van der Waals surface area contributed by atoms with Gasteiger partial charge in [-0.1, -0.05) is 0 Å². The Hall–Kier alpha value is -1.66. The van der Waals surface area contributed by atoms with Crippen molar-refractivity contribution in [2.45, 2.75) is 6.18 Å². The van der Waals surface area contributed by atoms with Gasteiger partial charge in [-0.3, -0.25) is 10.1 Å². The Labute approximate surface area is 75.1 Å². The van der Waals surface area contributed by atoms with Crippen molar-refractivity contribution < 1.29 is 22.5 Å². The van der Waals surface area contributed by atoms with E-state index in [1.807, 2.05) is 0 Å². The Morgan fingerprint density at radius 2 is 1.79 bits per heavy atom. The largest absolute Gasteiger partial charge is 0.416 e. The molecule has 0 amide bonds. The standard InChI is InChI=1S/C7H3F4NO2/c8-5-1-4(7(9,10)11)2-6(3-5)12(13)14/h1-3H/i8-1. The van der Waals surface area contributed by atoms with E-state index in [9.17, 15) is 27.7 Å². The maximum absolute atomic E-state index is 12.5. The van der Waals surface area contributed by atoms with Crippen LogP contribution in [0.2, 0.25) is 0 Å². The van der Waals surface area contributed by atoms with E-state index in [4.69, 9.17) is 0 Å². The van der Waals surface area contributed by atoms with Gasteiger partial charge in [0, 0.05) is 6.07 Å². The number of nitro benzene ring substituents is 1. The zero-order valence-electron chi connectivity index (χ0n) is 6.51. The highest BCUT2D eigenvalue weighted by molar-refractivity contribution is 5.36. The van der Waals surface area contributed by atoms with Crippen molar-refractivity contribution in [1.82, 2.24) is 0 Å². The highest BCUT2D eigenvalue weighted by Gasteiger charge is 2.32. The van der Waals surface area contributed by atoms with Gasteiger partial charge in [0.2, 0.25) is 0 Å². The van der Waals surface area contributed by atoms with Crippen LogP contribution < -0.4 is 0 Å². The fourth-order valence-electron chi connectivity index (χ4n) is 0.843. The van der Waals surface area contributed by atoms with Gasteiger partial charge in [-0.05, 0) is 6.07 Å². The first kappa shape index (κ1) is 10.4. The summed E-state index contributed by atoms with van der Waals surface area (Å²) in [5, 5.41) is 10.1. The third-order valence-electron chi connectivity index (χ3n) is 1.42. The first-order valence-electron chi connectivity index (χ1n) is 3.33. The molecule has 0 aliphatic carbocycles. The number of halogens is 4. The van der Waals surface area contributed by atoms with E-state index in [1.54, 1.807) is 0 Å². The van der Waals surface area contributed by atoms with Crippen LogP contribution in [0.4, 0.5) is 23.2 Å². The average molecular weight is 208 g/mol. The van der Waals surface area contributed by atoms with Crippen molar-refractivity contribution in [3.8, 4) is 0 Å². The summed E-state index contributed by atoms with van der Waals surface area (Å²) in [7, 11) is 0. The average Bonchev–Trinajstić information content (AvgIpc) is 2.01. The number of benzene rings is 1. The van der Waals surface area contributed by atoms with Crippen LogP contribution in [0.1, 0.15) is 5.56 Å². The van der Waals surface area contributed by atoms with Crippen LogP contribution in [0.25, 0.3) is 0 Å². The van der Waals surface area contributed by atoms with Gasteiger partial charge in [-0.15, -0.1) is 0 Å². The van der Waals surface area contributed by atoms with Gasteiger partial charge < -0.3 is 0 Å². The van der Waals surface area contributed by atoms with Gasteiger partial charge in [0.1, 0.15) is 5.82 Å². The number of hydrogen-bond acceptors (Lipinski definition) is 2. The van der Waals surface area contributed by atoms with Crippen molar-refractivity contribution in [1.29, 1.82) is 0 Å². The molecule has 0 fully saturated rings. The Morgan fingerprint density at radius 1 is 1.21 bits per heavy atom. The molecule has 0 saturated carbocycles. The number of non-ortho nitro benzene ring substituents is 1. The number of alkyl halides is 3. The molecule has 14 heavy (non-hydrogen) atoms. The van der Waals surface area contributed by atoms with Crippen molar-refractivity contribution >= 4 is 5.69 Å². The lowest BCUT2D eigenvalue weighted by Gasteiger charge is -2.05. The maximum atomic E-state index is 12.5. The normalized spacial score (nSPS) is 11.4. The van der Waals surface area contributed by atoms with Gasteiger partial charge in [0.05, 0.1) is 16.6 Å². The maximum Gasteiger partial charge on any atom is 0.416 e. The molecule has 0 aliphatic rings. The van der Waals surface area contributed by atoms with Crippen LogP contribution in [-0.4, -0.2) is 4.92 Å². The topological polar surface area (TPSA) is 43.1 Å². The van der Waals surface area contributed by atoms with Gasteiger partial charge in [-0.25, -0.2) is 4.39 Å². The molecule has 0 bridgehead atoms. The van der Waals surface area contributed by atoms with E-state index in [0.29, 0.717) is 6.07 Å². The van der Waals surface area contributed by atoms with E-state index in [2.05, 4.69) is 0 Å². The predicted octanol–water partition coefficient (Wildman–Crippen LogP) is 2.75. The van der Waals surface area contributed by atoms with Crippen molar-refractivity contribution in [3.05, 3.63) is 39.7 Å². The van der Waals surface area contributed by atoms with E-state index in [-0.39, 0.29) is 12.1 Å². The van der Waals surface area contributed by atoms with Gasteiger partial charge in [0.15, 0.2) is 0 Å². The fraction of sp³-hybridized carbons (Fsp3) is 0.143. The third kappa shape index (κ3) is 2.18. The summed E-state index contributed by atoms with van der Waals surface area (Å²) in [5.74, 6) is -1.29. The van der Waals surface area contributed by atoms with Crippen LogP contribution in [0.5, 0.6) is 0 Å². The molecule has 0 radical (unpaired) electrons. The Morgan fingerprint density at radius 3 is 2.21 bits per heavy atom. The third-order valence-corrected chi connectivity index (χ3v) is 1.42. The van der Waals surface area contributed by atoms with Gasteiger partial charge >= 0.3 is 6.18 Å². The summed E-state index contributed by atoms with van der Waals surface area (Å²) in [6, 6.07) is 0.908. The van der Waals surface area contributed by atoms with Crippen LogP contribution in [-0.2, 0) is 6.18 Å². The molecule has 0 heterocycles. The number of nitro groups is 1. The van der Waals surface area contributed by atoms with Crippen molar-refractivity contribution in [2.75, 3.05) is 0 Å². The summed E-state index contributed by atoms with van der Waals surface area (Å²) in [5.41, 5.74) is -2.29. The second-order valence-electron chi connectivity index (χ2n) is 2.45. The van der Waals surface area contributed by atoms with Crippen LogP contribution in [0, 0.1) is 15.9 Å². The molecule has 0 spiro atoms. The molecule has 0 aliphatic heterocycles. The smallest absolute Gasteiger partial charge is 0.258 e. The minimum absolute atomic E-state index is 0.201. The lowest BCUT2D eigenvalue weighted by Crippen LogP contribution is -2.06. The molecule has 0 atom stereocenters. The molecule has 0 saturated heterocycles. The first-order valence-corrected chi connectivity index (χ1v) is 3.33. The molecule has 0 unspecified atom stereocenters. The van der Waals surface area contributed by atoms with Crippen molar-refractivity contribution in [2.24, 2.45) is 0 Å². The second-order valence-corrected chi connectivity index (χ2v) is 2.45. The summed E-state index contributed by atoms with van der Waals surface area (Å²) in [6.07, 6.45) is -4.78. The van der Waals surface area contributed by atoms with Crippen LogP contribution in [0.15, 0.2) is 18.2 Å². The second kappa shape index (κ2) is 3.24. The minimum Gasteiger partial charge on any atom is -0.258 e. The molecule has 76 valence electrons. The molecule has 3 nitrogen and oxygen atoms in total. The highest BCUT2D eigenvalue weighted by Crippen LogP contribution is 2.32. The summed E-state index contributed by atoms with van der Waals surface area (Å²) < 4.78 is 48.6. The molecule has 7 heteroatoms. The van der Waals surface area contributed by atoms with Crippen molar-refractivity contribution in [3.63, 3.8) is 0 Å². The monoisotopic (exact) mass is 208 g/mol. The van der Waals surface area contributed by atoms with Gasteiger partial charge in [0.25, 0.3) is 5.69 Å². The number of hydrogen-bond donors (Lipinski definition) is 0. The minimum atomic E-state index is -4.78. The molecular weight excluding hydrogens is 205 g/mol. The zero-order chi connectivity index (χ0) is 10.9. The summed E-state index contributed by atoms with van der Waals surface area (Å²) in [6.45, 7) is 0.